The van der Waals surface area contributed by atoms with Crippen LogP contribution in [0.4, 0.5) is 0 Å². The first-order valence-electron chi connectivity index (χ1n) is 4.33. The fourth-order valence-electron chi connectivity index (χ4n) is 1.41. The maximum Gasteiger partial charge on any atom is 0.137 e. The zero-order valence-corrected chi connectivity index (χ0v) is 9.30. The Hall–Kier alpha value is -1.09. The second kappa shape index (κ2) is 3.58. The Labute approximate surface area is 90.0 Å². The molecule has 0 aliphatic heterocycles. The summed E-state index contributed by atoms with van der Waals surface area (Å²) in [6, 6.07) is 7.66. The zero-order valence-electron chi connectivity index (χ0n) is 7.71. The molecule has 0 spiro atoms. The highest BCUT2D eigenvalue weighted by Crippen LogP contribution is 2.27. The Morgan fingerprint density at radius 3 is 2.93 bits per heavy atom. The Bertz CT molecular complexity index is 485. The van der Waals surface area contributed by atoms with Crippen LogP contribution in [0.25, 0.3) is 11.0 Å². The molecule has 1 heterocycles. The molecule has 0 bridgehead atoms. The van der Waals surface area contributed by atoms with E-state index in [2.05, 4.69) is 15.9 Å². The molecule has 14 heavy (non-hydrogen) atoms. The minimum absolute atomic E-state index is 0.111. The predicted molar refractivity (Wildman–Crippen MR) is 58.3 cm³/mol. The second-order valence-corrected chi connectivity index (χ2v) is 4.10. The summed E-state index contributed by atoms with van der Waals surface area (Å²) in [5, 5.41) is 1.02. The fourth-order valence-corrected chi connectivity index (χ4v) is 1.87. The molecular weight excluding hydrogens is 244 g/mol. The maximum atomic E-state index is 10.9. The van der Waals surface area contributed by atoms with Crippen LogP contribution in [0.5, 0.6) is 0 Å². The van der Waals surface area contributed by atoms with Crippen molar-refractivity contribution in [1.29, 1.82) is 0 Å². The molecule has 0 unspecified atom stereocenters. The smallest absolute Gasteiger partial charge is 0.137 e. The van der Waals surface area contributed by atoms with Crippen molar-refractivity contribution in [3.05, 3.63) is 34.5 Å². The van der Waals surface area contributed by atoms with Gasteiger partial charge in [0.2, 0.25) is 0 Å². The summed E-state index contributed by atoms with van der Waals surface area (Å²) in [6.45, 7) is 1.56. The van der Waals surface area contributed by atoms with Crippen LogP contribution in [0.3, 0.4) is 0 Å². The normalized spacial score (nSPS) is 10.7. The molecule has 0 N–H and O–H groups in total. The molecule has 72 valence electrons. The van der Waals surface area contributed by atoms with Gasteiger partial charge in [0.1, 0.15) is 17.1 Å². The van der Waals surface area contributed by atoms with Crippen molar-refractivity contribution in [2.75, 3.05) is 0 Å². The summed E-state index contributed by atoms with van der Waals surface area (Å²) in [5.74, 6) is 0.833. The highest BCUT2D eigenvalue weighted by atomic mass is 79.9. The largest absolute Gasteiger partial charge is 0.461 e. The van der Waals surface area contributed by atoms with E-state index in [0.29, 0.717) is 6.42 Å². The molecule has 0 aliphatic rings. The number of rotatable bonds is 2. The first-order chi connectivity index (χ1) is 6.66. The van der Waals surface area contributed by atoms with Gasteiger partial charge in [-0.3, -0.25) is 4.79 Å². The van der Waals surface area contributed by atoms with E-state index in [1.54, 1.807) is 6.92 Å². The average molecular weight is 253 g/mol. The first kappa shape index (κ1) is 9.46. The number of Topliss-reactive ketones (excluding diaryl/α,β-unsaturated/α-hetero) is 1. The average Bonchev–Trinajstić information content (AvgIpc) is 2.47. The van der Waals surface area contributed by atoms with Gasteiger partial charge in [-0.1, -0.05) is 22.0 Å². The molecule has 0 radical (unpaired) electrons. The number of hydrogen-bond donors (Lipinski definition) is 0. The molecule has 0 amide bonds. The minimum Gasteiger partial charge on any atom is -0.461 e. The third-order valence-electron chi connectivity index (χ3n) is 1.98. The van der Waals surface area contributed by atoms with E-state index in [0.717, 1.165) is 21.2 Å². The summed E-state index contributed by atoms with van der Waals surface area (Å²) in [7, 11) is 0. The number of furan rings is 1. The first-order valence-corrected chi connectivity index (χ1v) is 5.12. The lowest BCUT2D eigenvalue weighted by atomic mass is 10.2. The Kier molecular flexibility index (Phi) is 2.42. The van der Waals surface area contributed by atoms with Crippen LogP contribution < -0.4 is 0 Å². The molecule has 0 aliphatic carbocycles. The molecule has 0 saturated heterocycles. The second-order valence-electron chi connectivity index (χ2n) is 3.24. The van der Waals surface area contributed by atoms with Gasteiger partial charge in [-0.05, 0) is 25.1 Å². The van der Waals surface area contributed by atoms with E-state index in [1.807, 2.05) is 24.3 Å². The number of benzene rings is 1. The quantitative estimate of drug-likeness (QED) is 0.821. The summed E-state index contributed by atoms with van der Waals surface area (Å²) in [4.78, 5) is 10.9. The maximum absolute atomic E-state index is 10.9. The fraction of sp³-hybridized carbons (Fsp3) is 0.182. The molecule has 0 atom stereocenters. The van der Waals surface area contributed by atoms with Gasteiger partial charge in [0.05, 0.1) is 6.42 Å². The minimum atomic E-state index is 0.111. The molecule has 2 nitrogen and oxygen atoms in total. The summed E-state index contributed by atoms with van der Waals surface area (Å²) in [6.07, 6.45) is 0.362. The van der Waals surface area contributed by atoms with Crippen molar-refractivity contribution in [3.63, 3.8) is 0 Å². The highest BCUT2D eigenvalue weighted by Gasteiger charge is 2.07. The molecule has 0 saturated carbocycles. The van der Waals surface area contributed by atoms with Crippen molar-refractivity contribution in [3.8, 4) is 0 Å². The van der Waals surface area contributed by atoms with Gasteiger partial charge in [-0.15, -0.1) is 0 Å². The molecule has 0 fully saturated rings. The van der Waals surface area contributed by atoms with Gasteiger partial charge in [0.15, 0.2) is 0 Å². The van der Waals surface area contributed by atoms with Crippen LogP contribution in [-0.2, 0) is 11.2 Å². The van der Waals surface area contributed by atoms with Crippen molar-refractivity contribution in [2.24, 2.45) is 0 Å². The van der Waals surface area contributed by atoms with Crippen molar-refractivity contribution >= 4 is 32.7 Å². The van der Waals surface area contributed by atoms with Crippen LogP contribution in [-0.4, -0.2) is 5.78 Å². The summed E-state index contributed by atoms with van der Waals surface area (Å²) < 4.78 is 6.50. The topological polar surface area (TPSA) is 30.2 Å². The Morgan fingerprint density at radius 1 is 1.50 bits per heavy atom. The van der Waals surface area contributed by atoms with Crippen LogP contribution in [0.1, 0.15) is 12.7 Å². The molecular formula is C11H9BrO2. The molecule has 2 rings (SSSR count). The molecule has 2 aromatic rings. The zero-order chi connectivity index (χ0) is 10.1. The lowest BCUT2D eigenvalue weighted by Gasteiger charge is -1.89. The van der Waals surface area contributed by atoms with Gasteiger partial charge in [0, 0.05) is 9.86 Å². The van der Waals surface area contributed by atoms with Gasteiger partial charge < -0.3 is 4.42 Å². The van der Waals surface area contributed by atoms with E-state index in [-0.39, 0.29) is 5.78 Å². The van der Waals surface area contributed by atoms with Gasteiger partial charge >= 0.3 is 0 Å². The van der Waals surface area contributed by atoms with Gasteiger partial charge in [-0.25, -0.2) is 0 Å². The summed E-state index contributed by atoms with van der Waals surface area (Å²) >= 11 is 3.43. The van der Waals surface area contributed by atoms with E-state index in [4.69, 9.17) is 4.42 Å². The van der Waals surface area contributed by atoms with E-state index in [9.17, 15) is 4.79 Å². The Morgan fingerprint density at radius 2 is 2.29 bits per heavy atom. The molecule has 3 heteroatoms. The van der Waals surface area contributed by atoms with Crippen molar-refractivity contribution in [1.82, 2.24) is 0 Å². The predicted octanol–water partition coefficient (Wildman–Crippen LogP) is 3.33. The molecule has 1 aromatic carbocycles. The molecule has 1 aromatic heterocycles. The van der Waals surface area contributed by atoms with Crippen LogP contribution in [0.2, 0.25) is 0 Å². The van der Waals surface area contributed by atoms with Gasteiger partial charge in [-0.2, -0.15) is 0 Å². The summed E-state index contributed by atoms with van der Waals surface area (Å²) in [5.41, 5.74) is 0.815. The lowest BCUT2D eigenvalue weighted by Crippen LogP contribution is -1.93. The standard InChI is InChI=1S/C11H9BrO2/c1-7(13)5-8-6-9-10(12)3-2-4-11(9)14-8/h2-4,6H,5H2,1H3. The van der Waals surface area contributed by atoms with Crippen LogP contribution in [0, 0.1) is 0 Å². The number of carbonyl (C=O) groups is 1. The Balaban J connectivity index is 2.51. The monoisotopic (exact) mass is 252 g/mol. The van der Waals surface area contributed by atoms with Gasteiger partial charge in [0.25, 0.3) is 0 Å². The van der Waals surface area contributed by atoms with E-state index in [1.165, 1.54) is 0 Å². The number of fused-ring (bicyclic) bond motifs is 1. The third-order valence-corrected chi connectivity index (χ3v) is 2.67. The SMILES string of the molecule is CC(=O)Cc1cc2c(Br)cccc2o1. The number of ketones is 1. The lowest BCUT2D eigenvalue weighted by molar-refractivity contribution is -0.116. The van der Waals surface area contributed by atoms with Crippen LogP contribution in [0.15, 0.2) is 33.2 Å². The number of halogens is 1. The number of carbonyl (C=O) groups excluding carboxylic acids is 1. The number of hydrogen-bond acceptors (Lipinski definition) is 2. The van der Waals surface area contributed by atoms with E-state index >= 15 is 0 Å². The van der Waals surface area contributed by atoms with Crippen molar-refractivity contribution < 1.29 is 9.21 Å². The highest BCUT2D eigenvalue weighted by molar-refractivity contribution is 9.10. The van der Waals surface area contributed by atoms with Crippen LogP contribution >= 0.6 is 15.9 Å². The third kappa shape index (κ3) is 1.73. The van der Waals surface area contributed by atoms with Crippen molar-refractivity contribution in [2.45, 2.75) is 13.3 Å². The van der Waals surface area contributed by atoms with E-state index < -0.39 is 0 Å².